The molecular formula is C11H13F2IN2O. The summed E-state index contributed by atoms with van der Waals surface area (Å²) in [4.78, 5) is 13.3. The lowest BCUT2D eigenvalue weighted by Crippen LogP contribution is -2.46. The zero-order valence-electron chi connectivity index (χ0n) is 9.42. The Bertz CT molecular complexity index is 445. The third-order valence-corrected chi connectivity index (χ3v) is 3.46. The summed E-state index contributed by atoms with van der Waals surface area (Å²) in [6.07, 6.45) is 2.04. The summed E-state index contributed by atoms with van der Waals surface area (Å²) in [5.41, 5.74) is 0.465. The summed E-state index contributed by atoms with van der Waals surface area (Å²) in [5, 5.41) is 0. The molecule has 0 aromatic carbocycles. The first-order chi connectivity index (χ1) is 7.89. The van der Waals surface area contributed by atoms with Crippen LogP contribution in [0.3, 0.4) is 0 Å². The van der Waals surface area contributed by atoms with Gasteiger partial charge >= 0.3 is 0 Å². The van der Waals surface area contributed by atoms with Gasteiger partial charge in [0.25, 0.3) is 11.8 Å². The van der Waals surface area contributed by atoms with Gasteiger partial charge in [0.1, 0.15) is 5.69 Å². The number of carbonyl (C=O) groups is 1. The van der Waals surface area contributed by atoms with Crippen molar-refractivity contribution in [3.63, 3.8) is 0 Å². The van der Waals surface area contributed by atoms with Crippen molar-refractivity contribution in [1.29, 1.82) is 0 Å². The molecule has 17 heavy (non-hydrogen) atoms. The summed E-state index contributed by atoms with van der Waals surface area (Å²) in [7, 11) is 1.75. The monoisotopic (exact) mass is 354 g/mol. The van der Waals surface area contributed by atoms with Crippen molar-refractivity contribution in [2.45, 2.75) is 18.8 Å². The maximum atomic E-state index is 13.2. The molecule has 1 aromatic heterocycles. The average Bonchev–Trinajstić information content (AvgIpc) is 2.55. The standard InChI is InChI=1S/C11H13F2IN2O/c1-15-6-8(14)5-9(15)10(17)16-4-2-3-11(12,13)7-16/h5-6H,2-4,7H2,1H3. The van der Waals surface area contributed by atoms with Gasteiger partial charge in [-0.1, -0.05) is 0 Å². The van der Waals surface area contributed by atoms with E-state index < -0.39 is 12.5 Å². The minimum atomic E-state index is -2.74. The smallest absolute Gasteiger partial charge is 0.270 e. The number of alkyl halides is 2. The highest BCUT2D eigenvalue weighted by Crippen LogP contribution is 2.27. The predicted molar refractivity (Wildman–Crippen MR) is 68.2 cm³/mol. The van der Waals surface area contributed by atoms with Gasteiger partial charge in [-0.3, -0.25) is 4.79 Å². The Kier molecular flexibility index (Phi) is 3.42. The molecule has 0 spiro atoms. The molecule has 0 unspecified atom stereocenters. The van der Waals surface area contributed by atoms with Crippen molar-refractivity contribution in [2.75, 3.05) is 13.1 Å². The molecule has 0 radical (unpaired) electrons. The number of aryl methyl sites for hydroxylation is 1. The van der Waals surface area contributed by atoms with Crippen molar-refractivity contribution in [2.24, 2.45) is 7.05 Å². The number of piperidine rings is 1. The Morgan fingerprint density at radius 3 is 2.76 bits per heavy atom. The zero-order valence-corrected chi connectivity index (χ0v) is 11.6. The number of hydrogen-bond acceptors (Lipinski definition) is 1. The van der Waals surface area contributed by atoms with E-state index in [-0.39, 0.29) is 12.3 Å². The minimum Gasteiger partial charge on any atom is -0.346 e. The number of nitrogens with zero attached hydrogens (tertiary/aromatic N) is 2. The lowest BCUT2D eigenvalue weighted by atomic mass is 10.1. The van der Waals surface area contributed by atoms with Gasteiger partial charge in [-0.25, -0.2) is 8.78 Å². The van der Waals surface area contributed by atoms with Crippen LogP contribution in [0, 0.1) is 3.57 Å². The molecule has 1 aliphatic rings. The Labute approximate surface area is 112 Å². The normalized spacial score (nSPS) is 19.4. The quantitative estimate of drug-likeness (QED) is 0.712. The largest absolute Gasteiger partial charge is 0.346 e. The van der Waals surface area contributed by atoms with E-state index in [2.05, 4.69) is 22.6 Å². The second-order valence-electron chi connectivity index (χ2n) is 4.34. The lowest BCUT2D eigenvalue weighted by molar-refractivity contribution is -0.0562. The number of likely N-dealkylation sites (tertiary alicyclic amines) is 1. The molecule has 0 aliphatic carbocycles. The summed E-state index contributed by atoms with van der Waals surface area (Å²) < 4.78 is 29.1. The summed E-state index contributed by atoms with van der Waals surface area (Å²) in [5.74, 6) is -3.05. The lowest BCUT2D eigenvalue weighted by Gasteiger charge is -2.32. The topological polar surface area (TPSA) is 25.2 Å². The Balaban J connectivity index is 2.18. The van der Waals surface area contributed by atoms with Crippen molar-refractivity contribution < 1.29 is 13.6 Å². The van der Waals surface area contributed by atoms with Crippen LogP contribution in [0.4, 0.5) is 8.78 Å². The molecular weight excluding hydrogens is 341 g/mol. The molecule has 3 nitrogen and oxygen atoms in total. The van der Waals surface area contributed by atoms with Crippen LogP contribution < -0.4 is 0 Å². The molecule has 1 aromatic rings. The van der Waals surface area contributed by atoms with Crippen LogP contribution >= 0.6 is 22.6 Å². The van der Waals surface area contributed by atoms with Crippen molar-refractivity contribution in [3.8, 4) is 0 Å². The van der Waals surface area contributed by atoms with Gasteiger partial charge in [-0.15, -0.1) is 0 Å². The molecule has 94 valence electrons. The first-order valence-corrected chi connectivity index (χ1v) is 6.46. The maximum Gasteiger partial charge on any atom is 0.270 e. The minimum absolute atomic E-state index is 0.124. The van der Waals surface area contributed by atoms with E-state index in [0.29, 0.717) is 18.7 Å². The fourth-order valence-corrected chi connectivity index (χ4v) is 2.75. The number of amides is 1. The second-order valence-corrected chi connectivity index (χ2v) is 5.59. The summed E-state index contributed by atoms with van der Waals surface area (Å²) in [6.45, 7) is -0.0518. The van der Waals surface area contributed by atoms with Crippen LogP contribution in [0.5, 0.6) is 0 Å². The molecule has 2 rings (SSSR count). The van der Waals surface area contributed by atoms with Crippen LogP contribution in [-0.4, -0.2) is 34.4 Å². The molecule has 6 heteroatoms. The van der Waals surface area contributed by atoms with Crippen LogP contribution in [-0.2, 0) is 7.05 Å². The van der Waals surface area contributed by atoms with E-state index in [9.17, 15) is 13.6 Å². The van der Waals surface area contributed by atoms with Gasteiger partial charge in [-0.2, -0.15) is 0 Å². The van der Waals surface area contributed by atoms with Crippen molar-refractivity contribution >= 4 is 28.5 Å². The number of carbonyl (C=O) groups excluding carboxylic acids is 1. The fourth-order valence-electron chi connectivity index (χ4n) is 2.04. The molecule has 1 amide bonds. The molecule has 1 fully saturated rings. The number of rotatable bonds is 1. The van der Waals surface area contributed by atoms with E-state index >= 15 is 0 Å². The molecule has 0 N–H and O–H groups in total. The van der Waals surface area contributed by atoms with Gasteiger partial charge in [0.05, 0.1) is 6.54 Å². The van der Waals surface area contributed by atoms with Gasteiger partial charge < -0.3 is 9.47 Å². The SMILES string of the molecule is Cn1cc(I)cc1C(=O)N1CCCC(F)(F)C1. The maximum absolute atomic E-state index is 13.2. The molecule has 1 saturated heterocycles. The van der Waals surface area contributed by atoms with Crippen LogP contribution in [0.25, 0.3) is 0 Å². The van der Waals surface area contributed by atoms with Gasteiger partial charge in [-0.05, 0) is 35.1 Å². The van der Waals surface area contributed by atoms with Gasteiger partial charge in [0.2, 0.25) is 0 Å². The molecule has 0 bridgehead atoms. The highest BCUT2D eigenvalue weighted by atomic mass is 127. The number of halogens is 3. The van der Waals surface area contributed by atoms with Crippen molar-refractivity contribution in [1.82, 2.24) is 9.47 Å². The highest BCUT2D eigenvalue weighted by Gasteiger charge is 2.37. The Morgan fingerprint density at radius 2 is 2.24 bits per heavy atom. The van der Waals surface area contributed by atoms with E-state index in [0.717, 1.165) is 3.57 Å². The van der Waals surface area contributed by atoms with Crippen molar-refractivity contribution in [3.05, 3.63) is 21.5 Å². The molecule has 0 atom stereocenters. The Hall–Kier alpha value is -0.660. The molecule has 0 saturated carbocycles. The summed E-state index contributed by atoms with van der Waals surface area (Å²) >= 11 is 2.10. The third kappa shape index (κ3) is 2.78. The summed E-state index contributed by atoms with van der Waals surface area (Å²) in [6, 6.07) is 1.72. The second kappa shape index (κ2) is 4.55. The van der Waals surface area contributed by atoms with Crippen LogP contribution in [0.1, 0.15) is 23.3 Å². The van der Waals surface area contributed by atoms with Crippen LogP contribution in [0.2, 0.25) is 0 Å². The first kappa shape index (κ1) is 12.8. The Morgan fingerprint density at radius 1 is 1.53 bits per heavy atom. The van der Waals surface area contributed by atoms with E-state index in [4.69, 9.17) is 0 Å². The number of hydrogen-bond donors (Lipinski definition) is 0. The van der Waals surface area contributed by atoms with E-state index in [1.54, 1.807) is 23.9 Å². The predicted octanol–water partition coefficient (Wildman–Crippen LogP) is 2.50. The molecule has 2 heterocycles. The van der Waals surface area contributed by atoms with E-state index in [1.807, 2.05) is 0 Å². The first-order valence-electron chi connectivity index (χ1n) is 5.38. The van der Waals surface area contributed by atoms with E-state index in [1.165, 1.54) is 4.90 Å². The van der Waals surface area contributed by atoms with Gasteiger partial charge in [0.15, 0.2) is 0 Å². The highest BCUT2D eigenvalue weighted by molar-refractivity contribution is 14.1. The van der Waals surface area contributed by atoms with Crippen LogP contribution in [0.15, 0.2) is 12.3 Å². The van der Waals surface area contributed by atoms with Gasteiger partial charge in [0, 0.05) is 29.8 Å². The zero-order chi connectivity index (χ0) is 12.6. The average molecular weight is 354 g/mol. The number of aromatic nitrogens is 1. The third-order valence-electron chi connectivity index (χ3n) is 2.87. The molecule has 1 aliphatic heterocycles. The fraction of sp³-hybridized carbons (Fsp3) is 0.545.